The van der Waals surface area contributed by atoms with E-state index in [0.717, 1.165) is 6.07 Å². The molecule has 1 fully saturated rings. The van der Waals surface area contributed by atoms with Crippen molar-refractivity contribution in [2.75, 3.05) is 19.7 Å². The lowest BCUT2D eigenvalue weighted by molar-refractivity contribution is 0.0758. The highest BCUT2D eigenvalue weighted by atomic mass is 32.2. The fourth-order valence-corrected chi connectivity index (χ4v) is 3.86. The molecule has 1 aromatic heterocycles. The van der Waals surface area contributed by atoms with E-state index in [-0.39, 0.29) is 29.8 Å². The number of aromatic nitrogens is 1. The van der Waals surface area contributed by atoms with Crippen molar-refractivity contribution in [3.63, 3.8) is 0 Å². The van der Waals surface area contributed by atoms with Gasteiger partial charge < -0.3 is 9.47 Å². The number of pyridine rings is 1. The van der Waals surface area contributed by atoms with Gasteiger partial charge in [0.2, 0.25) is 10.0 Å². The zero-order valence-corrected chi connectivity index (χ0v) is 13.9. The third kappa shape index (κ3) is 3.34. The minimum Gasteiger partial charge on any atom is -0.491 e. The fraction of sp³-hybridized carbons (Fsp3) is 0.312. The van der Waals surface area contributed by atoms with Gasteiger partial charge in [-0.15, -0.1) is 0 Å². The molecule has 0 amide bonds. The molecule has 0 bridgehead atoms. The molecule has 24 heavy (non-hydrogen) atoms. The molecule has 0 N–H and O–H groups in total. The van der Waals surface area contributed by atoms with Crippen molar-refractivity contribution in [1.82, 2.24) is 9.29 Å². The standard InChI is InChI=1S/C16H17FN2O4S/c1-2-22-16-6-5-14(8-15(16)17)24(20,21)19-10-13(11-19)23-12-4-3-7-18-9-12/h3-9,13H,2,10-11H2,1H3. The number of rotatable bonds is 6. The highest BCUT2D eigenvalue weighted by Gasteiger charge is 2.38. The first-order valence-electron chi connectivity index (χ1n) is 7.50. The van der Waals surface area contributed by atoms with Gasteiger partial charge in [0.15, 0.2) is 11.6 Å². The first-order chi connectivity index (χ1) is 11.5. The van der Waals surface area contributed by atoms with Crippen molar-refractivity contribution < 1.29 is 22.3 Å². The maximum Gasteiger partial charge on any atom is 0.243 e. The topological polar surface area (TPSA) is 68.7 Å². The van der Waals surface area contributed by atoms with Gasteiger partial charge in [0.25, 0.3) is 0 Å². The Morgan fingerprint density at radius 2 is 2.12 bits per heavy atom. The van der Waals surface area contributed by atoms with Crippen molar-refractivity contribution in [3.8, 4) is 11.5 Å². The average molecular weight is 352 g/mol. The minimum absolute atomic E-state index is 0.0397. The lowest BCUT2D eigenvalue weighted by Gasteiger charge is -2.37. The Morgan fingerprint density at radius 3 is 2.75 bits per heavy atom. The Labute approximate surface area is 139 Å². The molecule has 128 valence electrons. The predicted octanol–water partition coefficient (Wildman–Crippen LogP) is 2.07. The molecule has 1 aliphatic heterocycles. The number of hydrogen-bond donors (Lipinski definition) is 0. The van der Waals surface area contributed by atoms with Crippen molar-refractivity contribution in [1.29, 1.82) is 0 Å². The SMILES string of the molecule is CCOc1ccc(S(=O)(=O)N2CC(Oc3cccnc3)C2)cc1F. The van der Waals surface area contributed by atoms with Crippen molar-refractivity contribution >= 4 is 10.0 Å². The van der Waals surface area contributed by atoms with Crippen LogP contribution in [0.1, 0.15) is 6.92 Å². The number of ether oxygens (including phenoxy) is 2. The molecule has 2 heterocycles. The third-order valence-electron chi connectivity index (χ3n) is 3.59. The van der Waals surface area contributed by atoms with E-state index in [4.69, 9.17) is 9.47 Å². The van der Waals surface area contributed by atoms with Gasteiger partial charge in [-0.25, -0.2) is 12.8 Å². The molecule has 8 heteroatoms. The smallest absolute Gasteiger partial charge is 0.243 e. The molecule has 2 aromatic rings. The number of benzene rings is 1. The van der Waals surface area contributed by atoms with Crippen LogP contribution in [0.2, 0.25) is 0 Å². The molecule has 0 saturated carbocycles. The largest absolute Gasteiger partial charge is 0.491 e. The van der Waals surface area contributed by atoms with Crippen LogP contribution in [0.15, 0.2) is 47.6 Å². The van der Waals surface area contributed by atoms with E-state index in [9.17, 15) is 12.8 Å². The molecule has 1 saturated heterocycles. The van der Waals surface area contributed by atoms with Gasteiger partial charge in [0.05, 0.1) is 30.8 Å². The molecule has 0 unspecified atom stereocenters. The second-order valence-electron chi connectivity index (χ2n) is 5.28. The Balaban J connectivity index is 1.66. The summed E-state index contributed by atoms with van der Waals surface area (Å²) in [6.07, 6.45) is 2.96. The summed E-state index contributed by atoms with van der Waals surface area (Å²) in [5, 5.41) is 0. The number of halogens is 1. The maximum absolute atomic E-state index is 13.9. The molecule has 0 radical (unpaired) electrons. The second kappa shape index (κ2) is 6.74. The number of hydrogen-bond acceptors (Lipinski definition) is 5. The van der Waals surface area contributed by atoms with Gasteiger partial charge in [-0.3, -0.25) is 4.98 Å². The summed E-state index contributed by atoms with van der Waals surface area (Å²) in [7, 11) is -3.74. The zero-order valence-electron chi connectivity index (χ0n) is 13.1. The molecule has 0 aliphatic carbocycles. The van der Waals surface area contributed by atoms with Gasteiger partial charge in [0, 0.05) is 6.20 Å². The minimum atomic E-state index is -3.74. The van der Waals surface area contributed by atoms with E-state index in [1.807, 2.05) is 0 Å². The van der Waals surface area contributed by atoms with Crippen LogP contribution in [-0.2, 0) is 10.0 Å². The summed E-state index contributed by atoms with van der Waals surface area (Å²) in [4.78, 5) is 3.84. The summed E-state index contributed by atoms with van der Waals surface area (Å²) in [5.41, 5.74) is 0. The number of sulfonamides is 1. The molecule has 1 aliphatic rings. The molecular formula is C16H17FN2O4S. The lowest BCUT2D eigenvalue weighted by atomic mass is 10.2. The predicted molar refractivity (Wildman–Crippen MR) is 85.0 cm³/mol. The van der Waals surface area contributed by atoms with Gasteiger partial charge in [-0.05, 0) is 37.3 Å². The van der Waals surface area contributed by atoms with E-state index in [2.05, 4.69) is 4.98 Å². The Kier molecular flexibility index (Phi) is 4.68. The number of nitrogens with zero attached hydrogens (tertiary/aromatic N) is 2. The molecule has 1 aromatic carbocycles. The van der Waals surface area contributed by atoms with Crippen LogP contribution in [0.25, 0.3) is 0 Å². The summed E-state index contributed by atoms with van der Waals surface area (Å²) in [6, 6.07) is 7.15. The van der Waals surface area contributed by atoms with Crippen LogP contribution in [0, 0.1) is 5.82 Å². The third-order valence-corrected chi connectivity index (χ3v) is 5.42. The van der Waals surface area contributed by atoms with Gasteiger partial charge in [-0.2, -0.15) is 4.31 Å². The van der Waals surface area contributed by atoms with Crippen molar-refractivity contribution in [2.24, 2.45) is 0 Å². The molecule has 0 atom stereocenters. The molecule has 3 rings (SSSR count). The normalized spacial score (nSPS) is 15.8. The Hall–Kier alpha value is -2.19. The van der Waals surface area contributed by atoms with Crippen molar-refractivity contribution in [3.05, 3.63) is 48.5 Å². The van der Waals surface area contributed by atoms with E-state index < -0.39 is 15.8 Å². The van der Waals surface area contributed by atoms with Crippen molar-refractivity contribution in [2.45, 2.75) is 17.9 Å². The lowest BCUT2D eigenvalue weighted by Crippen LogP contribution is -2.55. The highest BCUT2D eigenvalue weighted by Crippen LogP contribution is 2.27. The maximum atomic E-state index is 13.9. The van der Waals surface area contributed by atoms with E-state index in [1.165, 1.54) is 16.4 Å². The Morgan fingerprint density at radius 1 is 1.33 bits per heavy atom. The highest BCUT2D eigenvalue weighted by molar-refractivity contribution is 7.89. The van der Waals surface area contributed by atoms with Gasteiger partial charge >= 0.3 is 0 Å². The molecule has 0 spiro atoms. The zero-order chi connectivity index (χ0) is 17.2. The van der Waals surface area contributed by atoms with Crippen LogP contribution < -0.4 is 9.47 Å². The van der Waals surface area contributed by atoms with Crippen LogP contribution in [0.5, 0.6) is 11.5 Å². The summed E-state index contributed by atoms with van der Waals surface area (Å²) in [5.74, 6) is -0.0638. The monoisotopic (exact) mass is 352 g/mol. The van der Waals surface area contributed by atoms with Crippen LogP contribution in [0.4, 0.5) is 4.39 Å². The first kappa shape index (κ1) is 16.7. The van der Waals surface area contributed by atoms with Gasteiger partial charge in [0.1, 0.15) is 11.9 Å². The first-order valence-corrected chi connectivity index (χ1v) is 8.94. The van der Waals surface area contributed by atoms with E-state index in [0.29, 0.717) is 12.4 Å². The van der Waals surface area contributed by atoms with E-state index in [1.54, 1.807) is 31.5 Å². The molecular weight excluding hydrogens is 335 g/mol. The van der Waals surface area contributed by atoms with Crippen LogP contribution in [-0.4, -0.2) is 43.5 Å². The quantitative estimate of drug-likeness (QED) is 0.796. The van der Waals surface area contributed by atoms with Crippen LogP contribution >= 0.6 is 0 Å². The van der Waals surface area contributed by atoms with E-state index >= 15 is 0 Å². The second-order valence-corrected chi connectivity index (χ2v) is 7.21. The Bertz CT molecular complexity index is 808. The van der Waals surface area contributed by atoms with Gasteiger partial charge in [-0.1, -0.05) is 0 Å². The fourth-order valence-electron chi connectivity index (χ4n) is 2.34. The average Bonchev–Trinajstić information content (AvgIpc) is 2.53. The summed E-state index contributed by atoms with van der Waals surface area (Å²) in [6.45, 7) is 2.47. The summed E-state index contributed by atoms with van der Waals surface area (Å²) < 4.78 is 50.8. The summed E-state index contributed by atoms with van der Waals surface area (Å²) >= 11 is 0. The molecule has 6 nitrogen and oxygen atoms in total. The van der Waals surface area contributed by atoms with Crippen LogP contribution in [0.3, 0.4) is 0 Å².